The highest BCUT2D eigenvalue weighted by Gasteiger charge is 2.39. The highest BCUT2D eigenvalue weighted by atomic mass is 19.1. The third-order valence-corrected chi connectivity index (χ3v) is 4.61. The van der Waals surface area contributed by atoms with Crippen LogP contribution in [-0.4, -0.2) is 17.6 Å². The molecule has 0 radical (unpaired) electrons. The molecule has 0 fully saturated rings. The summed E-state index contributed by atoms with van der Waals surface area (Å²) in [6.07, 6.45) is -0.0113. The zero-order chi connectivity index (χ0) is 18.7. The molecule has 4 nitrogen and oxygen atoms in total. The van der Waals surface area contributed by atoms with Gasteiger partial charge in [-0.1, -0.05) is 48.0 Å². The van der Waals surface area contributed by atoms with Crippen LogP contribution in [-0.2, 0) is 20.9 Å². The van der Waals surface area contributed by atoms with Crippen molar-refractivity contribution in [3.05, 3.63) is 71.0 Å². The maximum absolute atomic E-state index is 14.3. The van der Waals surface area contributed by atoms with Crippen molar-refractivity contribution in [2.75, 3.05) is 0 Å². The number of hydrogen-bond acceptors (Lipinski definition) is 3. The molecular weight excluding hydrogens is 333 g/mol. The summed E-state index contributed by atoms with van der Waals surface area (Å²) in [7, 11) is 0. The second kappa shape index (κ2) is 7.60. The minimum Gasteiger partial charge on any atom is -0.460 e. The number of esters is 1. The highest BCUT2D eigenvalue weighted by Crippen LogP contribution is 2.35. The molecule has 1 aliphatic heterocycles. The number of ether oxygens (including phenoxy) is 1. The Morgan fingerprint density at radius 1 is 1.15 bits per heavy atom. The predicted octanol–water partition coefficient (Wildman–Crippen LogP) is 3.97. The first-order valence-corrected chi connectivity index (χ1v) is 8.50. The third-order valence-electron chi connectivity index (χ3n) is 4.61. The second-order valence-electron chi connectivity index (χ2n) is 6.55. The zero-order valence-corrected chi connectivity index (χ0v) is 14.7. The standard InChI is InChI=1S/C21H20FNO3/c1-13-7-9-15(10-8-13)12-26-21(25)20-14(2)23-19(24)11-17(20)16-5-3-4-6-18(16)22/h3-10,17,20H,11-12H2,1-2H3. The molecule has 134 valence electrons. The lowest BCUT2D eigenvalue weighted by atomic mass is 9.79. The summed E-state index contributed by atoms with van der Waals surface area (Å²) >= 11 is 0. The number of aryl methyl sites for hydroxylation is 1. The number of nitrogens with zero attached hydrogens (tertiary/aromatic N) is 1. The van der Waals surface area contributed by atoms with Crippen molar-refractivity contribution in [2.45, 2.75) is 32.8 Å². The summed E-state index contributed by atoms with van der Waals surface area (Å²) in [5.74, 6) is -2.65. The van der Waals surface area contributed by atoms with Crippen molar-refractivity contribution in [1.82, 2.24) is 0 Å². The molecule has 0 N–H and O–H groups in total. The minimum atomic E-state index is -0.768. The normalized spacial score (nSPS) is 19.8. The van der Waals surface area contributed by atoms with Gasteiger partial charge >= 0.3 is 5.97 Å². The SMILES string of the molecule is CC1=NC(=O)CC(c2ccccc2F)C1C(=O)OCc1ccc(C)cc1. The Hall–Kier alpha value is -2.82. The number of hydrogen-bond donors (Lipinski definition) is 0. The number of rotatable bonds is 4. The van der Waals surface area contributed by atoms with E-state index in [1.807, 2.05) is 31.2 Å². The van der Waals surface area contributed by atoms with E-state index < -0.39 is 23.6 Å². The average molecular weight is 353 g/mol. The fraction of sp³-hybridized carbons (Fsp3) is 0.286. The Labute approximate surface area is 151 Å². The van der Waals surface area contributed by atoms with Crippen LogP contribution in [0.25, 0.3) is 0 Å². The lowest BCUT2D eigenvalue weighted by Gasteiger charge is -2.28. The van der Waals surface area contributed by atoms with Crippen LogP contribution in [0.15, 0.2) is 53.5 Å². The molecule has 0 saturated heterocycles. The molecule has 1 aliphatic rings. The van der Waals surface area contributed by atoms with Gasteiger partial charge in [-0.15, -0.1) is 0 Å². The monoisotopic (exact) mass is 353 g/mol. The summed E-state index contributed by atoms with van der Waals surface area (Å²) in [5.41, 5.74) is 2.69. The first kappa shape index (κ1) is 18.0. The number of aliphatic imine (C=N–C) groups is 1. The molecular formula is C21H20FNO3. The quantitative estimate of drug-likeness (QED) is 0.782. The molecule has 2 unspecified atom stereocenters. The topological polar surface area (TPSA) is 55.7 Å². The maximum atomic E-state index is 14.3. The Bertz CT molecular complexity index is 858. The van der Waals surface area contributed by atoms with Gasteiger partial charge in [0.15, 0.2) is 0 Å². The molecule has 0 saturated carbocycles. The van der Waals surface area contributed by atoms with E-state index >= 15 is 0 Å². The fourth-order valence-corrected chi connectivity index (χ4v) is 3.24. The third kappa shape index (κ3) is 3.87. The summed E-state index contributed by atoms with van der Waals surface area (Å²) in [5, 5.41) is 0. The van der Waals surface area contributed by atoms with Gasteiger partial charge in [0.2, 0.25) is 5.91 Å². The van der Waals surface area contributed by atoms with E-state index in [9.17, 15) is 14.0 Å². The van der Waals surface area contributed by atoms with Crippen LogP contribution in [0.3, 0.4) is 0 Å². The molecule has 1 heterocycles. The molecule has 2 atom stereocenters. The largest absolute Gasteiger partial charge is 0.460 e. The maximum Gasteiger partial charge on any atom is 0.315 e. The predicted molar refractivity (Wildman–Crippen MR) is 96.3 cm³/mol. The first-order valence-electron chi connectivity index (χ1n) is 8.50. The second-order valence-corrected chi connectivity index (χ2v) is 6.55. The molecule has 26 heavy (non-hydrogen) atoms. The van der Waals surface area contributed by atoms with Crippen LogP contribution >= 0.6 is 0 Å². The molecule has 3 rings (SSSR count). The smallest absolute Gasteiger partial charge is 0.315 e. The van der Waals surface area contributed by atoms with Crippen molar-refractivity contribution in [3.63, 3.8) is 0 Å². The van der Waals surface area contributed by atoms with Crippen LogP contribution in [0.4, 0.5) is 4.39 Å². The molecule has 2 aromatic rings. The average Bonchev–Trinajstić information content (AvgIpc) is 2.61. The summed E-state index contributed by atoms with van der Waals surface area (Å²) in [6.45, 7) is 3.72. The summed E-state index contributed by atoms with van der Waals surface area (Å²) in [4.78, 5) is 28.5. The van der Waals surface area contributed by atoms with E-state index in [0.717, 1.165) is 11.1 Å². The molecule has 0 aliphatic carbocycles. The number of carbonyl (C=O) groups is 2. The van der Waals surface area contributed by atoms with Crippen LogP contribution in [0.2, 0.25) is 0 Å². The lowest BCUT2D eigenvalue weighted by molar-refractivity contribution is -0.148. The van der Waals surface area contributed by atoms with Crippen molar-refractivity contribution in [2.24, 2.45) is 10.9 Å². The Morgan fingerprint density at radius 3 is 2.54 bits per heavy atom. The number of amides is 1. The van der Waals surface area contributed by atoms with Crippen molar-refractivity contribution in [3.8, 4) is 0 Å². The summed E-state index contributed by atoms with van der Waals surface area (Å²) < 4.78 is 19.7. The van der Waals surface area contributed by atoms with Crippen LogP contribution in [0.5, 0.6) is 0 Å². The molecule has 2 aromatic carbocycles. The molecule has 5 heteroatoms. The van der Waals surface area contributed by atoms with E-state index in [0.29, 0.717) is 11.3 Å². The number of halogens is 1. The van der Waals surface area contributed by atoms with Gasteiger partial charge in [0, 0.05) is 18.1 Å². The van der Waals surface area contributed by atoms with Gasteiger partial charge in [-0.05, 0) is 31.0 Å². The van der Waals surface area contributed by atoms with Crippen LogP contribution in [0, 0.1) is 18.7 Å². The van der Waals surface area contributed by atoms with Crippen LogP contribution < -0.4 is 0 Å². The summed E-state index contributed by atoms with van der Waals surface area (Å²) in [6, 6.07) is 13.9. The molecule has 0 aromatic heterocycles. The Balaban J connectivity index is 1.82. The lowest BCUT2D eigenvalue weighted by Crippen LogP contribution is -2.35. The number of benzene rings is 2. The van der Waals surface area contributed by atoms with Gasteiger partial charge in [-0.3, -0.25) is 9.59 Å². The zero-order valence-electron chi connectivity index (χ0n) is 14.7. The van der Waals surface area contributed by atoms with E-state index in [-0.39, 0.29) is 18.9 Å². The van der Waals surface area contributed by atoms with Gasteiger partial charge < -0.3 is 4.74 Å². The Kier molecular flexibility index (Phi) is 5.26. The fourth-order valence-electron chi connectivity index (χ4n) is 3.24. The van der Waals surface area contributed by atoms with Gasteiger partial charge in [0.25, 0.3) is 0 Å². The van der Waals surface area contributed by atoms with Gasteiger partial charge in [0.05, 0.1) is 0 Å². The molecule has 1 amide bonds. The van der Waals surface area contributed by atoms with Crippen molar-refractivity contribution >= 4 is 17.6 Å². The Morgan fingerprint density at radius 2 is 1.85 bits per heavy atom. The number of carbonyl (C=O) groups excluding carboxylic acids is 2. The van der Waals surface area contributed by atoms with Gasteiger partial charge in [-0.25, -0.2) is 9.38 Å². The first-order chi connectivity index (χ1) is 12.5. The van der Waals surface area contributed by atoms with E-state index in [1.54, 1.807) is 25.1 Å². The van der Waals surface area contributed by atoms with Crippen molar-refractivity contribution in [1.29, 1.82) is 0 Å². The van der Waals surface area contributed by atoms with Crippen molar-refractivity contribution < 1.29 is 18.7 Å². The van der Waals surface area contributed by atoms with Gasteiger partial charge in [-0.2, -0.15) is 0 Å². The molecule has 0 bridgehead atoms. The van der Waals surface area contributed by atoms with E-state index in [4.69, 9.17) is 4.74 Å². The van der Waals surface area contributed by atoms with E-state index in [1.165, 1.54) is 6.07 Å². The minimum absolute atomic E-state index is 0.0113. The highest BCUT2D eigenvalue weighted by molar-refractivity contribution is 6.08. The van der Waals surface area contributed by atoms with Crippen LogP contribution in [0.1, 0.15) is 36.0 Å². The molecule has 0 spiro atoms. The van der Waals surface area contributed by atoms with E-state index in [2.05, 4.69) is 4.99 Å². The van der Waals surface area contributed by atoms with Gasteiger partial charge in [0.1, 0.15) is 18.3 Å².